The molecule has 0 atom stereocenters. The van der Waals surface area contributed by atoms with Crippen molar-refractivity contribution in [2.75, 3.05) is 23.8 Å². The van der Waals surface area contributed by atoms with Crippen LogP contribution in [0.3, 0.4) is 0 Å². The maximum atomic E-state index is 12.0. The maximum absolute atomic E-state index is 12.0. The van der Waals surface area contributed by atoms with Crippen molar-refractivity contribution >= 4 is 23.3 Å². The highest BCUT2D eigenvalue weighted by molar-refractivity contribution is 5.93. The number of ether oxygens (including phenoxy) is 1. The van der Waals surface area contributed by atoms with Crippen molar-refractivity contribution in [3.05, 3.63) is 66.2 Å². The van der Waals surface area contributed by atoms with Gasteiger partial charge >= 0.3 is 6.03 Å². The molecular weight excluding hydrogens is 330 g/mol. The van der Waals surface area contributed by atoms with E-state index in [0.29, 0.717) is 23.7 Å². The molecule has 0 unspecified atom stereocenters. The predicted molar refractivity (Wildman–Crippen MR) is 104 cm³/mol. The summed E-state index contributed by atoms with van der Waals surface area (Å²) in [5.41, 5.74) is 3.53. The Hall–Kier alpha value is -3.28. The molecule has 0 radical (unpaired) electrons. The third-order valence-electron chi connectivity index (χ3n) is 3.68. The largest absolute Gasteiger partial charge is 0.484 e. The van der Waals surface area contributed by atoms with Gasteiger partial charge in [-0.3, -0.25) is 4.79 Å². The van der Waals surface area contributed by atoms with E-state index in [2.05, 4.69) is 22.5 Å². The Balaban J connectivity index is 1.82. The Bertz CT molecular complexity index is 785. The Kier molecular flexibility index (Phi) is 6.79. The minimum Gasteiger partial charge on any atom is -0.484 e. The SMILES string of the molecule is C=CCNC(=O)Nc1ccc(NC(=O)COc2ccc(C)c(C)c2)cc1. The second kappa shape index (κ2) is 9.27. The van der Waals surface area contributed by atoms with Gasteiger partial charge in [0.1, 0.15) is 5.75 Å². The summed E-state index contributed by atoms with van der Waals surface area (Å²) in [4.78, 5) is 23.5. The van der Waals surface area contributed by atoms with Crippen LogP contribution in [0.25, 0.3) is 0 Å². The van der Waals surface area contributed by atoms with Gasteiger partial charge in [-0.05, 0) is 61.4 Å². The number of hydrogen-bond donors (Lipinski definition) is 3. The number of nitrogens with one attached hydrogen (secondary N) is 3. The molecule has 6 heteroatoms. The predicted octanol–water partition coefficient (Wildman–Crippen LogP) is 3.63. The number of amides is 3. The summed E-state index contributed by atoms with van der Waals surface area (Å²) >= 11 is 0. The van der Waals surface area contributed by atoms with Gasteiger partial charge in [0.15, 0.2) is 6.61 Å². The zero-order valence-corrected chi connectivity index (χ0v) is 15.0. The molecule has 0 aliphatic carbocycles. The first-order chi connectivity index (χ1) is 12.5. The first kappa shape index (κ1) is 19.1. The van der Waals surface area contributed by atoms with Crippen molar-refractivity contribution in [2.45, 2.75) is 13.8 Å². The summed E-state index contributed by atoms with van der Waals surface area (Å²) in [6, 6.07) is 12.2. The molecule has 0 spiro atoms. The van der Waals surface area contributed by atoms with Gasteiger partial charge in [-0.15, -0.1) is 6.58 Å². The van der Waals surface area contributed by atoms with Gasteiger partial charge in [0.05, 0.1) is 0 Å². The first-order valence-electron chi connectivity index (χ1n) is 8.23. The molecule has 3 amide bonds. The highest BCUT2D eigenvalue weighted by Gasteiger charge is 2.05. The first-order valence-corrected chi connectivity index (χ1v) is 8.23. The second-order valence-corrected chi connectivity index (χ2v) is 5.78. The quantitative estimate of drug-likeness (QED) is 0.665. The van der Waals surface area contributed by atoms with Gasteiger partial charge in [0.25, 0.3) is 5.91 Å². The minimum absolute atomic E-state index is 0.0769. The molecule has 0 saturated carbocycles. The molecule has 0 aliphatic heterocycles. The summed E-state index contributed by atoms with van der Waals surface area (Å²) in [5.74, 6) is 0.404. The molecule has 2 rings (SSSR count). The minimum atomic E-state index is -0.316. The highest BCUT2D eigenvalue weighted by atomic mass is 16.5. The van der Waals surface area contributed by atoms with Crippen LogP contribution in [0.1, 0.15) is 11.1 Å². The van der Waals surface area contributed by atoms with Crippen LogP contribution in [-0.4, -0.2) is 25.1 Å². The van der Waals surface area contributed by atoms with Crippen molar-refractivity contribution in [1.29, 1.82) is 0 Å². The fourth-order valence-electron chi connectivity index (χ4n) is 2.13. The molecule has 6 nitrogen and oxygen atoms in total. The number of urea groups is 1. The average Bonchev–Trinajstić information content (AvgIpc) is 2.62. The second-order valence-electron chi connectivity index (χ2n) is 5.78. The topological polar surface area (TPSA) is 79.5 Å². The smallest absolute Gasteiger partial charge is 0.319 e. The molecule has 136 valence electrons. The summed E-state index contributed by atoms with van der Waals surface area (Å²) in [6.07, 6.45) is 1.60. The monoisotopic (exact) mass is 353 g/mol. The Morgan fingerprint density at radius 3 is 2.27 bits per heavy atom. The van der Waals surface area contributed by atoms with Crippen molar-refractivity contribution < 1.29 is 14.3 Å². The number of rotatable bonds is 7. The van der Waals surface area contributed by atoms with E-state index in [0.717, 1.165) is 5.56 Å². The number of anilines is 2. The van der Waals surface area contributed by atoms with Crippen LogP contribution in [0.5, 0.6) is 5.75 Å². The average molecular weight is 353 g/mol. The lowest BCUT2D eigenvalue weighted by molar-refractivity contribution is -0.118. The van der Waals surface area contributed by atoms with Crippen LogP contribution in [0.15, 0.2) is 55.1 Å². The zero-order valence-electron chi connectivity index (χ0n) is 15.0. The molecule has 0 aliphatic rings. The number of hydrogen-bond acceptors (Lipinski definition) is 3. The number of benzene rings is 2. The molecule has 0 saturated heterocycles. The van der Waals surface area contributed by atoms with E-state index in [9.17, 15) is 9.59 Å². The third-order valence-corrected chi connectivity index (χ3v) is 3.68. The molecule has 2 aromatic rings. The van der Waals surface area contributed by atoms with Crippen LogP contribution in [0.2, 0.25) is 0 Å². The van der Waals surface area contributed by atoms with E-state index in [-0.39, 0.29) is 18.5 Å². The Morgan fingerprint density at radius 2 is 1.65 bits per heavy atom. The number of carbonyl (C=O) groups excluding carboxylic acids is 2. The van der Waals surface area contributed by atoms with E-state index in [1.54, 1.807) is 30.3 Å². The van der Waals surface area contributed by atoms with Gasteiger partial charge in [0, 0.05) is 17.9 Å². The van der Waals surface area contributed by atoms with E-state index in [1.807, 2.05) is 32.0 Å². The van der Waals surface area contributed by atoms with Crippen LogP contribution in [0.4, 0.5) is 16.2 Å². The lowest BCUT2D eigenvalue weighted by atomic mass is 10.1. The number of carbonyl (C=O) groups is 2. The molecule has 0 heterocycles. The summed E-state index contributed by atoms with van der Waals surface area (Å²) in [7, 11) is 0. The zero-order chi connectivity index (χ0) is 18.9. The van der Waals surface area contributed by atoms with Gasteiger partial charge in [-0.25, -0.2) is 4.79 Å². The van der Waals surface area contributed by atoms with Crippen LogP contribution >= 0.6 is 0 Å². The number of aryl methyl sites for hydroxylation is 2. The summed E-state index contributed by atoms with van der Waals surface area (Å²) in [6.45, 7) is 7.86. The molecule has 3 N–H and O–H groups in total. The normalized spacial score (nSPS) is 9.92. The third kappa shape index (κ3) is 5.98. The van der Waals surface area contributed by atoms with Gasteiger partial charge in [-0.2, -0.15) is 0 Å². The molecule has 2 aromatic carbocycles. The van der Waals surface area contributed by atoms with Gasteiger partial charge in [-0.1, -0.05) is 12.1 Å². The van der Waals surface area contributed by atoms with Crippen LogP contribution in [0, 0.1) is 13.8 Å². The van der Waals surface area contributed by atoms with Crippen molar-refractivity contribution in [3.8, 4) is 5.75 Å². The maximum Gasteiger partial charge on any atom is 0.319 e. The lowest BCUT2D eigenvalue weighted by Gasteiger charge is -2.10. The fourth-order valence-corrected chi connectivity index (χ4v) is 2.13. The van der Waals surface area contributed by atoms with Crippen LogP contribution < -0.4 is 20.7 Å². The standard InChI is InChI=1S/C20H23N3O3/c1-4-11-21-20(25)23-17-8-6-16(7-9-17)22-19(24)13-26-18-10-5-14(2)15(3)12-18/h4-10,12H,1,11,13H2,2-3H3,(H,22,24)(H2,21,23,25). The van der Waals surface area contributed by atoms with E-state index >= 15 is 0 Å². The van der Waals surface area contributed by atoms with E-state index < -0.39 is 0 Å². The molecule has 0 bridgehead atoms. The Labute approximate surface area is 153 Å². The summed E-state index contributed by atoms with van der Waals surface area (Å²) < 4.78 is 5.50. The highest BCUT2D eigenvalue weighted by Crippen LogP contribution is 2.17. The van der Waals surface area contributed by atoms with Crippen molar-refractivity contribution in [1.82, 2.24) is 5.32 Å². The van der Waals surface area contributed by atoms with Crippen molar-refractivity contribution in [2.24, 2.45) is 0 Å². The Morgan fingerprint density at radius 1 is 1.00 bits per heavy atom. The van der Waals surface area contributed by atoms with Crippen molar-refractivity contribution in [3.63, 3.8) is 0 Å². The van der Waals surface area contributed by atoms with E-state index in [4.69, 9.17) is 4.74 Å². The molecular formula is C20H23N3O3. The van der Waals surface area contributed by atoms with Crippen LogP contribution in [-0.2, 0) is 4.79 Å². The van der Waals surface area contributed by atoms with Gasteiger partial charge in [0.2, 0.25) is 0 Å². The van der Waals surface area contributed by atoms with Gasteiger partial charge < -0.3 is 20.7 Å². The molecule has 26 heavy (non-hydrogen) atoms. The molecule has 0 fully saturated rings. The fraction of sp³-hybridized carbons (Fsp3) is 0.200. The van der Waals surface area contributed by atoms with E-state index in [1.165, 1.54) is 5.56 Å². The lowest BCUT2D eigenvalue weighted by Crippen LogP contribution is -2.28. The molecule has 0 aromatic heterocycles. The summed E-state index contributed by atoms with van der Waals surface area (Å²) in [5, 5.41) is 8.04.